The van der Waals surface area contributed by atoms with Gasteiger partial charge in [-0.25, -0.2) is 9.78 Å². The van der Waals surface area contributed by atoms with Gasteiger partial charge in [0.05, 0.1) is 12.0 Å². The first-order valence-corrected chi connectivity index (χ1v) is 9.48. The number of aromatic nitrogens is 3. The van der Waals surface area contributed by atoms with Gasteiger partial charge in [-0.1, -0.05) is 6.07 Å². The summed E-state index contributed by atoms with van der Waals surface area (Å²) in [5.74, 6) is 0.183. The highest BCUT2D eigenvalue weighted by atomic mass is 16.2. The normalized spacial score (nSPS) is 19.7. The lowest BCUT2D eigenvalue weighted by molar-refractivity contribution is -0.133. The summed E-state index contributed by atoms with van der Waals surface area (Å²) in [4.78, 5) is 40.3. The highest BCUT2D eigenvalue weighted by molar-refractivity contribution is 5.77. The second-order valence-electron chi connectivity index (χ2n) is 6.97. The maximum Gasteiger partial charge on any atom is 0.318 e. The molecule has 2 aliphatic rings. The number of nitrogens with one attached hydrogen (secondary N) is 2. The number of amides is 3. The van der Waals surface area contributed by atoms with Crippen LogP contribution in [-0.2, 0) is 11.2 Å². The molecule has 4 rings (SSSR count). The van der Waals surface area contributed by atoms with Gasteiger partial charge in [0.15, 0.2) is 0 Å². The van der Waals surface area contributed by atoms with Gasteiger partial charge in [0.1, 0.15) is 6.04 Å². The molecular weight excluding hydrogens is 344 g/mol. The third-order valence-corrected chi connectivity index (χ3v) is 5.27. The van der Waals surface area contributed by atoms with Crippen molar-refractivity contribution in [2.24, 2.45) is 0 Å². The molecule has 0 radical (unpaired) electrons. The third-order valence-electron chi connectivity index (χ3n) is 5.27. The number of likely N-dealkylation sites (tertiary alicyclic amines) is 1. The number of fused-ring (bicyclic) bond motifs is 1. The van der Waals surface area contributed by atoms with Crippen LogP contribution in [0.5, 0.6) is 0 Å². The van der Waals surface area contributed by atoms with E-state index in [4.69, 9.17) is 0 Å². The topological polar surface area (TPSA) is 94.2 Å². The van der Waals surface area contributed by atoms with E-state index < -0.39 is 0 Å². The number of aromatic amines is 1. The largest absolute Gasteiger partial charge is 0.348 e. The summed E-state index contributed by atoms with van der Waals surface area (Å²) in [5, 5.41) is 2.98. The first-order chi connectivity index (χ1) is 13.2. The number of carbonyl (C=O) groups excluding carboxylic acids is 2. The molecule has 0 spiro atoms. The quantitative estimate of drug-likeness (QED) is 0.855. The lowest BCUT2D eigenvalue weighted by Gasteiger charge is -2.35. The number of piperidine rings is 1. The number of pyridine rings is 1. The first kappa shape index (κ1) is 17.5. The van der Waals surface area contributed by atoms with Crippen LogP contribution in [0.25, 0.3) is 0 Å². The van der Waals surface area contributed by atoms with Crippen molar-refractivity contribution >= 4 is 11.9 Å². The summed E-state index contributed by atoms with van der Waals surface area (Å²) in [6.45, 7) is 2.40. The van der Waals surface area contributed by atoms with Crippen molar-refractivity contribution in [3.63, 3.8) is 0 Å². The summed E-state index contributed by atoms with van der Waals surface area (Å²) in [5.41, 5.74) is 2.87. The number of urea groups is 1. The van der Waals surface area contributed by atoms with E-state index in [1.165, 1.54) is 0 Å². The molecule has 2 N–H and O–H groups in total. The zero-order valence-electron chi connectivity index (χ0n) is 15.2. The van der Waals surface area contributed by atoms with E-state index >= 15 is 0 Å². The molecule has 27 heavy (non-hydrogen) atoms. The zero-order valence-corrected chi connectivity index (χ0v) is 15.2. The molecule has 8 heteroatoms. The van der Waals surface area contributed by atoms with Crippen molar-refractivity contribution in [2.75, 3.05) is 26.2 Å². The monoisotopic (exact) mass is 368 g/mol. The summed E-state index contributed by atoms with van der Waals surface area (Å²) in [6, 6.07) is 3.44. The molecule has 142 valence electrons. The van der Waals surface area contributed by atoms with Crippen molar-refractivity contribution in [1.82, 2.24) is 30.1 Å². The molecule has 2 aromatic heterocycles. The Kier molecular flexibility index (Phi) is 5.04. The van der Waals surface area contributed by atoms with Crippen LogP contribution in [0.1, 0.15) is 42.3 Å². The highest BCUT2D eigenvalue weighted by Crippen LogP contribution is 2.32. The number of hydrogen-bond acceptors (Lipinski definition) is 4. The van der Waals surface area contributed by atoms with Crippen molar-refractivity contribution in [3.8, 4) is 0 Å². The maximum absolute atomic E-state index is 12.9. The molecule has 1 saturated heterocycles. The predicted octanol–water partition coefficient (Wildman–Crippen LogP) is 1.47. The fourth-order valence-electron chi connectivity index (χ4n) is 3.87. The van der Waals surface area contributed by atoms with E-state index in [1.54, 1.807) is 23.6 Å². The smallest absolute Gasteiger partial charge is 0.318 e. The molecule has 1 unspecified atom stereocenters. The van der Waals surface area contributed by atoms with Crippen molar-refractivity contribution in [3.05, 3.63) is 47.8 Å². The van der Waals surface area contributed by atoms with Gasteiger partial charge in [0.25, 0.3) is 0 Å². The first-order valence-electron chi connectivity index (χ1n) is 9.48. The highest BCUT2D eigenvalue weighted by Gasteiger charge is 2.34. The van der Waals surface area contributed by atoms with Crippen LogP contribution in [0, 0.1) is 0 Å². The molecule has 4 heterocycles. The standard InChI is InChI=1S/C19H24N6O2/c26-16-5-1-2-9-24(16)11-8-21-19(27)25-10-6-15-17(23-13-22-15)18(25)14-4-3-7-20-12-14/h3-4,7,12-13,18H,1-2,5-6,8-11H2,(H,21,27)(H,22,23). The Morgan fingerprint density at radius 1 is 1.30 bits per heavy atom. The molecule has 8 nitrogen and oxygen atoms in total. The molecule has 2 aliphatic heterocycles. The van der Waals surface area contributed by atoms with Crippen LogP contribution in [0.3, 0.4) is 0 Å². The van der Waals surface area contributed by atoms with Gasteiger partial charge in [-0.05, 0) is 24.5 Å². The predicted molar refractivity (Wildman–Crippen MR) is 98.9 cm³/mol. The Morgan fingerprint density at radius 2 is 2.22 bits per heavy atom. The van der Waals surface area contributed by atoms with Crippen LogP contribution in [0.15, 0.2) is 30.9 Å². The Morgan fingerprint density at radius 3 is 3.04 bits per heavy atom. The number of imidazole rings is 1. The van der Waals surface area contributed by atoms with E-state index in [-0.39, 0.29) is 18.0 Å². The lowest BCUT2D eigenvalue weighted by atomic mass is 9.97. The molecule has 0 bridgehead atoms. The zero-order chi connectivity index (χ0) is 18.6. The molecule has 1 fully saturated rings. The minimum atomic E-state index is -0.259. The molecule has 3 amide bonds. The van der Waals surface area contributed by atoms with Crippen LogP contribution in [0.2, 0.25) is 0 Å². The van der Waals surface area contributed by atoms with E-state index in [2.05, 4.69) is 20.3 Å². The Hall–Kier alpha value is -2.90. The fourth-order valence-corrected chi connectivity index (χ4v) is 3.87. The molecule has 2 aromatic rings. The summed E-state index contributed by atoms with van der Waals surface area (Å²) in [7, 11) is 0. The van der Waals surface area contributed by atoms with Gasteiger partial charge in [0.2, 0.25) is 5.91 Å². The van der Waals surface area contributed by atoms with E-state index in [1.807, 2.05) is 17.0 Å². The van der Waals surface area contributed by atoms with E-state index in [0.29, 0.717) is 26.1 Å². The summed E-state index contributed by atoms with van der Waals surface area (Å²) in [6.07, 6.45) is 8.54. The number of carbonyl (C=O) groups is 2. The van der Waals surface area contributed by atoms with Crippen molar-refractivity contribution in [2.45, 2.75) is 31.7 Å². The van der Waals surface area contributed by atoms with Gasteiger partial charge in [-0.3, -0.25) is 9.78 Å². The van der Waals surface area contributed by atoms with Crippen LogP contribution >= 0.6 is 0 Å². The fraction of sp³-hybridized carbons (Fsp3) is 0.474. The van der Waals surface area contributed by atoms with Gasteiger partial charge in [-0.2, -0.15) is 0 Å². The minimum absolute atomic E-state index is 0.137. The molecule has 0 aromatic carbocycles. The second-order valence-corrected chi connectivity index (χ2v) is 6.97. The molecular formula is C19H24N6O2. The lowest BCUT2D eigenvalue weighted by Crippen LogP contribution is -2.48. The second kappa shape index (κ2) is 7.77. The van der Waals surface area contributed by atoms with Gasteiger partial charge < -0.3 is 20.1 Å². The molecule has 0 saturated carbocycles. The minimum Gasteiger partial charge on any atom is -0.348 e. The number of hydrogen-bond donors (Lipinski definition) is 2. The molecule has 1 atom stereocenters. The summed E-state index contributed by atoms with van der Waals surface area (Å²) < 4.78 is 0. The maximum atomic E-state index is 12.9. The Bertz CT molecular complexity index is 806. The SMILES string of the molecule is O=C1CCCCN1CCNC(=O)N1CCc2[nH]cnc2C1c1cccnc1. The molecule has 0 aliphatic carbocycles. The van der Waals surface area contributed by atoms with Gasteiger partial charge in [0, 0.05) is 57.1 Å². The number of H-pyrrole nitrogens is 1. The van der Waals surface area contributed by atoms with Gasteiger partial charge >= 0.3 is 6.03 Å². The average molecular weight is 368 g/mol. The average Bonchev–Trinajstić information content (AvgIpc) is 3.18. The van der Waals surface area contributed by atoms with Crippen LogP contribution in [-0.4, -0.2) is 62.9 Å². The van der Waals surface area contributed by atoms with Crippen molar-refractivity contribution < 1.29 is 9.59 Å². The Balaban J connectivity index is 1.45. The number of rotatable bonds is 4. The number of nitrogens with zero attached hydrogens (tertiary/aromatic N) is 4. The van der Waals surface area contributed by atoms with Crippen molar-refractivity contribution in [1.29, 1.82) is 0 Å². The third kappa shape index (κ3) is 3.65. The van der Waals surface area contributed by atoms with Gasteiger partial charge in [-0.15, -0.1) is 0 Å². The van der Waals surface area contributed by atoms with E-state index in [0.717, 1.165) is 42.8 Å². The Labute approximate surface area is 158 Å². The van der Waals surface area contributed by atoms with Crippen LogP contribution in [0.4, 0.5) is 4.79 Å². The van der Waals surface area contributed by atoms with Crippen LogP contribution < -0.4 is 5.32 Å². The van der Waals surface area contributed by atoms with E-state index in [9.17, 15) is 9.59 Å². The summed E-state index contributed by atoms with van der Waals surface area (Å²) >= 11 is 0.